The topological polar surface area (TPSA) is 0 Å². The van der Waals surface area contributed by atoms with Gasteiger partial charge in [-0.15, -0.1) is 0 Å². The van der Waals surface area contributed by atoms with Crippen molar-refractivity contribution in [3.63, 3.8) is 0 Å². The van der Waals surface area contributed by atoms with Crippen molar-refractivity contribution >= 4 is 33.2 Å². The molecule has 0 amide bonds. The molecule has 5 aromatic carbocycles. The number of fused-ring (bicyclic) bond motifs is 3. The zero-order chi connectivity index (χ0) is 18.8. The number of benzene rings is 5. The molecule has 0 heterocycles. The van der Waals surface area contributed by atoms with Gasteiger partial charge in [-0.25, -0.2) is 0 Å². The van der Waals surface area contributed by atoms with Crippen molar-refractivity contribution < 1.29 is 0 Å². The first-order valence-electron chi connectivity index (χ1n) is 9.63. The van der Waals surface area contributed by atoms with Crippen LogP contribution in [0.25, 0.3) is 33.2 Å². The largest absolute Gasteiger partial charge is 0.0622 e. The maximum atomic E-state index is 2.33. The predicted molar refractivity (Wildman–Crippen MR) is 121 cm³/mol. The molecular weight excluding hydrogens is 336 g/mol. The summed E-state index contributed by atoms with van der Waals surface area (Å²) < 4.78 is 0. The van der Waals surface area contributed by atoms with Crippen LogP contribution in [0, 0.1) is 0 Å². The van der Waals surface area contributed by atoms with Crippen LogP contribution in [0.5, 0.6) is 0 Å². The van der Waals surface area contributed by atoms with Crippen molar-refractivity contribution in [2.75, 3.05) is 0 Å². The molecule has 0 radical (unpaired) electrons. The van der Waals surface area contributed by atoms with E-state index in [1.165, 1.54) is 43.8 Å². The van der Waals surface area contributed by atoms with E-state index in [-0.39, 0.29) is 0 Å². The summed E-state index contributed by atoms with van der Waals surface area (Å²) in [5.74, 6) is 0. The molecule has 5 aromatic rings. The van der Waals surface area contributed by atoms with Crippen LogP contribution in [0.2, 0.25) is 0 Å². The SMILES string of the molecule is C(=C(c1ccccc1)c1cc2ccccc2c2ccccc12)c1ccccc1. The average Bonchev–Trinajstić information content (AvgIpc) is 2.78. The summed E-state index contributed by atoms with van der Waals surface area (Å²) in [5.41, 5.74) is 4.95. The Hall–Kier alpha value is -3.64. The number of hydrogen-bond donors (Lipinski definition) is 0. The molecule has 0 atom stereocenters. The van der Waals surface area contributed by atoms with Crippen molar-refractivity contribution in [1.82, 2.24) is 0 Å². The summed E-state index contributed by atoms with van der Waals surface area (Å²) >= 11 is 0. The predicted octanol–water partition coefficient (Wildman–Crippen LogP) is 7.58. The average molecular weight is 356 g/mol. The Balaban J connectivity index is 1.87. The maximum absolute atomic E-state index is 2.33. The van der Waals surface area contributed by atoms with Crippen LogP contribution in [0.3, 0.4) is 0 Å². The van der Waals surface area contributed by atoms with Crippen molar-refractivity contribution in [2.45, 2.75) is 0 Å². The Bertz CT molecular complexity index is 1280. The van der Waals surface area contributed by atoms with Crippen molar-refractivity contribution in [2.24, 2.45) is 0 Å². The van der Waals surface area contributed by atoms with Crippen LogP contribution in [-0.4, -0.2) is 0 Å². The number of rotatable bonds is 3. The Kier molecular flexibility index (Phi) is 4.23. The smallest absolute Gasteiger partial charge is 0.00928 e. The van der Waals surface area contributed by atoms with Gasteiger partial charge in [-0.1, -0.05) is 109 Å². The molecule has 0 N–H and O–H groups in total. The molecular formula is C28H20. The first kappa shape index (κ1) is 16.5. The van der Waals surface area contributed by atoms with Gasteiger partial charge in [-0.05, 0) is 56.0 Å². The van der Waals surface area contributed by atoms with Gasteiger partial charge in [0, 0.05) is 0 Å². The molecule has 0 aromatic heterocycles. The van der Waals surface area contributed by atoms with Crippen LogP contribution in [-0.2, 0) is 0 Å². The lowest BCUT2D eigenvalue weighted by atomic mass is 9.89. The highest BCUT2D eigenvalue weighted by Crippen LogP contribution is 2.36. The molecule has 0 aliphatic heterocycles. The lowest BCUT2D eigenvalue weighted by Gasteiger charge is -2.15. The Morgan fingerprint density at radius 1 is 0.500 bits per heavy atom. The van der Waals surface area contributed by atoms with Crippen molar-refractivity contribution in [3.8, 4) is 0 Å². The van der Waals surface area contributed by atoms with Crippen LogP contribution in [0.1, 0.15) is 16.7 Å². The fraction of sp³-hybridized carbons (Fsp3) is 0. The standard InChI is InChI=1S/C28H20/c1-3-11-21(12-4-1)19-27(22-13-5-2-6-14-22)28-20-23-15-7-8-16-24(23)25-17-9-10-18-26(25)28/h1-20H. The third kappa shape index (κ3) is 3.00. The monoisotopic (exact) mass is 356 g/mol. The minimum atomic E-state index is 1.21. The first-order valence-corrected chi connectivity index (χ1v) is 9.63. The normalized spacial score (nSPS) is 11.8. The van der Waals surface area contributed by atoms with Crippen LogP contribution in [0.15, 0.2) is 115 Å². The highest BCUT2D eigenvalue weighted by molar-refractivity contribution is 6.14. The lowest BCUT2D eigenvalue weighted by molar-refractivity contribution is 1.58. The first-order chi connectivity index (χ1) is 13.9. The Morgan fingerprint density at radius 2 is 1.07 bits per heavy atom. The molecule has 0 fully saturated rings. The fourth-order valence-corrected chi connectivity index (χ4v) is 3.93. The summed E-state index contributed by atoms with van der Waals surface area (Å²) in [6, 6.07) is 40.9. The third-order valence-electron chi connectivity index (χ3n) is 5.25. The van der Waals surface area contributed by atoms with E-state index in [4.69, 9.17) is 0 Å². The second-order valence-corrected chi connectivity index (χ2v) is 7.03. The van der Waals surface area contributed by atoms with E-state index in [0.29, 0.717) is 0 Å². The van der Waals surface area contributed by atoms with E-state index in [0.717, 1.165) is 0 Å². The molecule has 0 saturated heterocycles. The molecule has 0 aliphatic rings. The molecule has 5 rings (SSSR count). The van der Waals surface area contributed by atoms with Crippen LogP contribution >= 0.6 is 0 Å². The van der Waals surface area contributed by atoms with Crippen molar-refractivity contribution in [1.29, 1.82) is 0 Å². The van der Waals surface area contributed by atoms with Gasteiger partial charge < -0.3 is 0 Å². The van der Waals surface area contributed by atoms with Gasteiger partial charge in [0.05, 0.1) is 0 Å². The molecule has 0 bridgehead atoms. The van der Waals surface area contributed by atoms with Gasteiger partial charge in [0.1, 0.15) is 0 Å². The Labute approximate surface area is 165 Å². The van der Waals surface area contributed by atoms with Gasteiger partial charge in [-0.2, -0.15) is 0 Å². The van der Waals surface area contributed by atoms with E-state index >= 15 is 0 Å². The summed E-state index contributed by atoms with van der Waals surface area (Å²) in [5, 5.41) is 5.15. The van der Waals surface area contributed by atoms with E-state index in [1.807, 2.05) is 0 Å². The van der Waals surface area contributed by atoms with Gasteiger partial charge in [0.15, 0.2) is 0 Å². The van der Waals surface area contributed by atoms with E-state index < -0.39 is 0 Å². The molecule has 0 heteroatoms. The van der Waals surface area contributed by atoms with E-state index in [1.54, 1.807) is 0 Å². The third-order valence-corrected chi connectivity index (χ3v) is 5.25. The van der Waals surface area contributed by atoms with E-state index in [9.17, 15) is 0 Å². The quantitative estimate of drug-likeness (QED) is 0.231. The minimum absolute atomic E-state index is 1.21. The van der Waals surface area contributed by atoms with Gasteiger partial charge in [0.25, 0.3) is 0 Å². The summed E-state index contributed by atoms with van der Waals surface area (Å²) in [7, 11) is 0. The minimum Gasteiger partial charge on any atom is -0.0622 e. The summed E-state index contributed by atoms with van der Waals surface area (Å²) in [6.07, 6.45) is 2.30. The Morgan fingerprint density at radius 3 is 1.82 bits per heavy atom. The molecule has 28 heavy (non-hydrogen) atoms. The second kappa shape index (κ2) is 7.17. The van der Waals surface area contributed by atoms with Crippen LogP contribution in [0.4, 0.5) is 0 Å². The summed E-state index contributed by atoms with van der Waals surface area (Å²) in [4.78, 5) is 0. The lowest BCUT2D eigenvalue weighted by Crippen LogP contribution is -1.92. The second-order valence-electron chi connectivity index (χ2n) is 7.03. The molecule has 132 valence electrons. The zero-order valence-corrected chi connectivity index (χ0v) is 15.5. The molecule has 0 nitrogen and oxygen atoms in total. The van der Waals surface area contributed by atoms with Gasteiger partial charge >= 0.3 is 0 Å². The molecule has 0 aliphatic carbocycles. The zero-order valence-electron chi connectivity index (χ0n) is 15.5. The fourth-order valence-electron chi connectivity index (χ4n) is 3.93. The van der Waals surface area contributed by atoms with E-state index in [2.05, 4.69) is 121 Å². The van der Waals surface area contributed by atoms with Gasteiger partial charge in [0.2, 0.25) is 0 Å². The molecule has 0 spiro atoms. The molecule has 0 saturated carbocycles. The van der Waals surface area contributed by atoms with Gasteiger partial charge in [-0.3, -0.25) is 0 Å². The summed E-state index contributed by atoms with van der Waals surface area (Å²) in [6.45, 7) is 0. The number of hydrogen-bond acceptors (Lipinski definition) is 0. The highest BCUT2D eigenvalue weighted by Gasteiger charge is 2.12. The highest BCUT2D eigenvalue weighted by atomic mass is 14.2. The molecule has 0 unspecified atom stereocenters. The van der Waals surface area contributed by atoms with Crippen LogP contribution < -0.4 is 0 Å². The maximum Gasteiger partial charge on any atom is -0.00928 e. The van der Waals surface area contributed by atoms with Crippen molar-refractivity contribution in [3.05, 3.63) is 132 Å².